The van der Waals surface area contributed by atoms with Crippen molar-refractivity contribution in [2.45, 2.75) is 44.9 Å². The van der Waals surface area contributed by atoms with Crippen molar-refractivity contribution in [3.8, 4) is 0 Å². The summed E-state index contributed by atoms with van der Waals surface area (Å²) in [5.41, 5.74) is -0.0540. The minimum absolute atomic E-state index is 0.0540. The van der Waals surface area contributed by atoms with Crippen molar-refractivity contribution >= 4 is 10.0 Å². The van der Waals surface area contributed by atoms with Crippen molar-refractivity contribution < 1.29 is 17.6 Å². The zero-order valence-corrected chi connectivity index (χ0v) is 13.3. The van der Waals surface area contributed by atoms with Gasteiger partial charge in [0.1, 0.15) is 5.76 Å². The van der Waals surface area contributed by atoms with Crippen LogP contribution in [0.5, 0.6) is 0 Å². The van der Waals surface area contributed by atoms with Crippen LogP contribution in [0.2, 0.25) is 0 Å². The van der Waals surface area contributed by atoms with Gasteiger partial charge in [0.2, 0.25) is 5.09 Å². The first-order valence-corrected chi connectivity index (χ1v) is 8.14. The second kappa shape index (κ2) is 7.21. The Labute approximate surface area is 120 Å². The van der Waals surface area contributed by atoms with Crippen LogP contribution in [0, 0.1) is 0 Å². The van der Waals surface area contributed by atoms with E-state index in [0.717, 1.165) is 0 Å². The summed E-state index contributed by atoms with van der Waals surface area (Å²) in [5, 5.41) is 3.16. The monoisotopic (exact) mass is 304 g/mol. The van der Waals surface area contributed by atoms with Crippen molar-refractivity contribution in [3.05, 3.63) is 17.9 Å². The molecule has 0 aliphatic carbocycles. The van der Waals surface area contributed by atoms with Crippen LogP contribution in [0.3, 0.4) is 0 Å². The van der Waals surface area contributed by atoms with E-state index in [0.29, 0.717) is 25.5 Å². The molecule has 1 aromatic rings. The lowest BCUT2D eigenvalue weighted by molar-refractivity contribution is 0.153. The average Bonchev–Trinajstić information content (AvgIpc) is 2.81. The van der Waals surface area contributed by atoms with E-state index in [9.17, 15) is 8.42 Å². The summed E-state index contributed by atoms with van der Waals surface area (Å²) in [6.07, 6.45) is 0. The first kappa shape index (κ1) is 17.2. The summed E-state index contributed by atoms with van der Waals surface area (Å²) in [6, 6.07) is 3.12. The molecule has 0 fully saturated rings. The van der Waals surface area contributed by atoms with Gasteiger partial charge in [-0.05, 0) is 39.8 Å². The molecule has 0 saturated heterocycles. The van der Waals surface area contributed by atoms with Gasteiger partial charge in [0.25, 0.3) is 10.0 Å². The molecule has 116 valence electrons. The van der Waals surface area contributed by atoms with Crippen molar-refractivity contribution in [1.82, 2.24) is 10.0 Å². The second-order valence-electron chi connectivity index (χ2n) is 5.42. The lowest BCUT2D eigenvalue weighted by Crippen LogP contribution is -2.34. The Morgan fingerprint density at radius 2 is 2.00 bits per heavy atom. The molecule has 1 aromatic heterocycles. The van der Waals surface area contributed by atoms with Gasteiger partial charge in [0.15, 0.2) is 0 Å². The Balaban J connectivity index is 2.56. The molecular formula is C13H24N2O4S. The molecular weight excluding hydrogens is 280 g/mol. The molecule has 7 heteroatoms. The minimum atomic E-state index is -3.60. The van der Waals surface area contributed by atoms with Crippen LogP contribution < -0.4 is 10.0 Å². The Morgan fingerprint density at radius 1 is 1.30 bits per heavy atom. The molecule has 0 aliphatic rings. The van der Waals surface area contributed by atoms with Crippen molar-refractivity contribution in [1.29, 1.82) is 0 Å². The molecule has 1 heterocycles. The molecule has 1 rings (SSSR count). The fourth-order valence-corrected chi connectivity index (χ4v) is 2.37. The van der Waals surface area contributed by atoms with E-state index in [1.165, 1.54) is 6.07 Å². The summed E-state index contributed by atoms with van der Waals surface area (Å²) in [7, 11) is -3.60. The highest BCUT2D eigenvalue weighted by atomic mass is 32.2. The highest BCUT2D eigenvalue weighted by Crippen LogP contribution is 2.14. The Kier molecular flexibility index (Phi) is 6.19. The highest BCUT2D eigenvalue weighted by molar-refractivity contribution is 7.89. The number of furan rings is 1. The van der Waals surface area contributed by atoms with Crippen LogP contribution in [0.1, 0.15) is 33.5 Å². The molecule has 0 bridgehead atoms. The van der Waals surface area contributed by atoms with E-state index in [2.05, 4.69) is 10.0 Å². The molecule has 2 N–H and O–H groups in total. The normalized spacial score (nSPS) is 12.8. The van der Waals surface area contributed by atoms with Gasteiger partial charge in [0, 0.05) is 18.7 Å². The topological polar surface area (TPSA) is 80.6 Å². The average molecular weight is 304 g/mol. The number of ether oxygens (including phenoxy) is 1. The van der Waals surface area contributed by atoms with Gasteiger partial charge >= 0.3 is 0 Å². The summed E-state index contributed by atoms with van der Waals surface area (Å²) >= 11 is 0. The molecule has 0 unspecified atom stereocenters. The maximum absolute atomic E-state index is 11.9. The quantitative estimate of drug-likeness (QED) is 0.711. The molecule has 6 nitrogen and oxygen atoms in total. The van der Waals surface area contributed by atoms with E-state index >= 15 is 0 Å². The Hall–Kier alpha value is -0.890. The third-order valence-corrected chi connectivity index (χ3v) is 3.77. The third kappa shape index (κ3) is 6.04. The first-order chi connectivity index (χ1) is 9.24. The van der Waals surface area contributed by atoms with E-state index in [1.54, 1.807) is 6.07 Å². The summed E-state index contributed by atoms with van der Waals surface area (Å²) in [6.45, 7) is 9.56. The van der Waals surface area contributed by atoms with Gasteiger partial charge in [-0.2, -0.15) is 0 Å². The molecule has 0 aromatic carbocycles. The maximum atomic E-state index is 11.9. The van der Waals surface area contributed by atoms with E-state index in [-0.39, 0.29) is 17.2 Å². The number of nitrogens with one attached hydrogen (secondary N) is 2. The van der Waals surface area contributed by atoms with Crippen molar-refractivity contribution in [3.63, 3.8) is 0 Å². The Bertz CT molecular complexity index is 503. The van der Waals surface area contributed by atoms with Crippen molar-refractivity contribution in [2.24, 2.45) is 0 Å². The predicted molar refractivity (Wildman–Crippen MR) is 77.0 cm³/mol. The van der Waals surface area contributed by atoms with Crippen LogP contribution in [0.25, 0.3) is 0 Å². The molecule has 0 radical (unpaired) electrons. The number of hydrogen-bond acceptors (Lipinski definition) is 5. The van der Waals surface area contributed by atoms with E-state index in [4.69, 9.17) is 9.15 Å². The zero-order chi connectivity index (χ0) is 15.2. The predicted octanol–water partition coefficient (Wildman–Crippen LogP) is 1.48. The maximum Gasteiger partial charge on any atom is 0.274 e. The second-order valence-corrected chi connectivity index (χ2v) is 7.12. The van der Waals surface area contributed by atoms with Crippen LogP contribution in [0.4, 0.5) is 0 Å². The van der Waals surface area contributed by atoms with Crippen LogP contribution in [0.15, 0.2) is 21.6 Å². The number of hydrogen-bond donors (Lipinski definition) is 2. The molecule has 0 aliphatic heterocycles. The summed E-state index contributed by atoms with van der Waals surface area (Å²) < 4.78 is 36.7. The van der Waals surface area contributed by atoms with Gasteiger partial charge in [-0.15, -0.1) is 0 Å². The van der Waals surface area contributed by atoms with Crippen LogP contribution >= 0.6 is 0 Å². The standard InChI is InChI=1S/C13H24N2O4S/c1-5-18-9-8-15-20(16,17)12-7-6-11(19-12)10-14-13(2,3)4/h6-7,14-15H,5,8-10H2,1-4H3. The minimum Gasteiger partial charge on any atom is -0.447 e. The summed E-state index contributed by atoms with van der Waals surface area (Å²) in [5.74, 6) is 0.588. The summed E-state index contributed by atoms with van der Waals surface area (Å²) in [4.78, 5) is 0. The smallest absolute Gasteiger partial charge is 0.274 e. The number of rotatable bonds is 8. The van der Waals surface area contributed by atoms with Crippen LogP contribution in [-0.4, -0.2) is 33.7 Å². The Morgan fingerprint density at radius 3 is 2.60 bits per heavy atom. The molecule has 0 saturated carbocycles. The SMILES string of the molecule is CCOCCNS(=O)(=O)c1ccc(CNC(C)(C)C)o1. The van der Waals surface area contributed by atoms with Gasteiger partial charge < -0.3 is 14.5 Å². The lowest BCUT2D eigenvalue weighted by Gasteiger charge is -2.19. The molecule has 0 atom stereocenters. The fraction of sp³-hybridized carbons (Fsp3) is 0.692. The molecule has 0 spiro atoms. The zero-order valence-electron chi connectivity index (χ0n) is 12.5. The van der Waals surface area contributed by atoms with Gasteiger partial charge in [0.05, 0.1) is 13.2 Å². The fourth-order valence-electron chi connectivity index (χ4n) is 1.41. The molecule has 0 amide bonds. The first-order valence-electron chi connectivity index (χ1n) is 6.66. The lowest BCUT2D eigenvalue weighted by atomic mass is 10.1. The highest BCUT2D eigenvalue weighted by Gasteiger charge is 2.18. The van der Waals surface area contributed by atoms with Gasteiger partial charge in [-0.1, -0.05) is 0 Å². The van der Waals surface area contributed by atoms with Gasteiger partial charge in [-0.25, -0.2) is 13.1 Å². The van der Waals surface area contributed by atoms with Crippen LogP contribution in [-0.2, 0) is 21.3 Å². The molecule has 20 heavy (non-hydrogen) atoms. The van der Waals surface area contributed by atoms with E-state index < -0.39 is 10.0 Å². The largest absolute Gasteiger partial charge is 0.447 e. The van der Waals surface area contributed by atoms with Gasteiger partial charge in [-0.3, -0.25) is 0 Å². The number of sulfonamides is 1. The third-order valence-electron chi connectivity index (χ3n) is 2.44. The van der Waals surface area contributed by atoms with E-state index in [1.807, 2.05) is 27.7 Å². The van der Waals surface area contributed by atoms with Crippen molar-refractivity contribution in [2.75, 3.05) is 19.8 Å².